The smallest absolute Gasteiger partial charge is 0.337 e. The standard InChI is InChI=1S/C35H34N4O4/c1-36-22-25-9-6-10-27(21-25)33(40)39-32-31(29-11-3-4-12-30(29)38-32)34(41)37-28-19-15-24(16-20-28)8-5-7-23-13-17-26(18-14-23)35(42)43-2/h3-4,6,9-21,36,38H,5,7-8,22H2,1-2H3,(H,37,41)(H,39,40). The molecule has 8 nitrogen and oxygen atoms in total. The molecule has 218 valence electrons. The number of amides is 2. The Morgan fingerprint density at radius 2 is 1.42 bits per heavy atom. The number of aromatic amines is 1. The van der Waals surface area contributed by atoms with Crippen LogP contribution in [-0.4, -0.2) is 36.9 Å². The number of hydrogen-bond donors (Lipinski definition) is 4. The number of H-pyrrole nitrogens is 1. The molecule has 0 saturated heterocycles. The normalized spacial score (nSPS) is 10.8. The van der Waals surface area contributed by atoms with Crippen molar-refractivity contribution in [1.29, 1.82) is 0 Å². The molecule has 0 radical (unpaired) electrons. The van der Waals surface area contributed by atoms with Crippen LogP contribution in [0, 0.1) is 0 Å². The number of para-hydroxylation sites is 1. The Morgan fingerprint density at radius 3 is 2.12 bits per heavy atom. The maximum absolute atomic E-state index is 13.5. The molecule has 0 aliphatic heterocycles. The number of methoxy groups -OCH3 is 1. The number of carbonyl (C=O) groups is 3. The molecule has 0 fully saturated rings. The van der Waals surface area contributed by atoms with E-state index in [1.165, 1.54) is 7.11 Å². The van der Waals surface area contributed by atoms with Crippen LogP contribution in [0.15, 0.2) is 97.1 Å². The maximum Gasteiger partial charge on any atom is 0.337 e. The van der Waals surface area contributed by atoms with Crippen molar-refractivity contribution in [3.8, 4) is 0 Å². The van der Waals surface area contributed by atoms with E-state index in [1.54, 1.807) is 18.2 Å². The number of aryl methyl sites for hydroxylation is 2. The maximum atomic E-state index is 13.5. The lowest BCUT2D eigenvalue weighted by molar-refractivity contribution is 0.0600. The van der Waals surface area contributed by atoms with Crippen LogP contribution in [0.25, 0.3) is 10.9 Å². The third-order valence-corrected chi connectivity index (χ3v) is 7.26. The van der Waals surface area contributed by atoms with Crippen molar-refractivity contribution in [3.63, 3.8) is 0 Å². The molecule has 0 atom stereocenters. The highest BCUT2D eigenvalue weighted by molar-refractivity contribution is 6.19. The predicted molar refractivity (Wildman–Crippen MR) is 170 cm³/mol. The first-order valence-corrected chi connectivity index (χ1v) is 14.2. The summed E-state index contributed by atoms with van der Waals surface area (Å²) in [4.78, 5) is 41.5. The molecule has 0 unspecified atom stereocenters. The lowest BCUT2D eigenvalue weighted by atomic mass is 10.0. The largest absolute Gasteiger partial charge is 0.465 e. The molecule has 4 aromatic carbocycles. The van der Waals surface area contributed by atoms with Gasteiger partial charge >= 0.3 is 5.97 Å². The predicted octanol–water partition coefficient (Wildman–Crippen LogP) is 6.35. The fraction of sp³-hybridized carbons (Fsp3) is 0.171. The zero-order chi connectivity index (χ0) is 30.2. The van der Waals surface area contributed by atoms with Gasteiger partial charge < -0.3 is 25.7 Å². The molecule has 0 spiro atoms. The Balaban J connectivity index is 1.24. The molecule has 5 aromatic rings. The summed E-state index contributed by atoms with van der Waals surface area (Å²) in [6, 6.07) is 30.1. The van der Waals surface area contributed by atoms with E-state index in [0.717, 1.165) is 46.9 Å². The summed E-state index contributed by atoms with van der Waals surface area (Å²) in [6.07, 6.45) is 2.70. The van der Waals surface area contributed by atoms with Gasteiger partial charge in [-0.05, 0) is 85.5 Å². The molecule has 1 aromatic heterocycles. The summed E-state index contributed by atoms with van der Waals surface area (Å²) in [5.41, 5.74) is 6.14. The highest BCUT2D eigenvalue weighted by atomic mass is 16.5. The third kappa shape index (κ3) is 7.17. The number of rotatable bonds is 11. The summed E-state index contributed by atoms with van der Waals surface area (Å²) >= 11 is 0. The second-order valence-electron chi connectivity index (χ2n) is 10.3. The summed E-state index contributed by atoms with van der Waals surface area (Å²) in [7, 11) is 3.23. The van der Waals surface area contributed by atoms with Crippen molar-refractivity contribution >= 4 is 40.2 Å². The van der Waals surface area contributed by atoms with E-state index in [1.807, 2.05) is 85.9 Å². The van der Waals surface area contributed by atoms with Gasteiger partial charge in [0.1, 0.15) is 5.82 Å². The fourth-order valence-corrected chi connectivity index (χ4v) is 5.05. The molecule has 1 heterocycles. The van der Waals surface area contributed by atoms with Crippen molar-refractivity contribution in [1.82, 2.24) is 10.3 Å². The van der Waals surface area contributed by atoms with Crippen LogP contribution in [0.5, 0.6) is 0 Å². The van der Waals surface area contributed by atoms with Crippen LogP contribution in [-0.2, 0) is 24.1 Å². The van der Waals surface area contributed by atoms with Gasteiger partial charge in [-0.25, -0.2) is 4.79 Å². The van der Waals surface area contributed by atoms with Crippen molar-refractivity contribution in [3.05, 3.63) is 130 Å². The number of esters is 1. The zero-order valence-electron chi connectivity index (χ0n) is 24.2. The van der Waals surface area contributed by atoms with E-state index in [0.29, 0.717) is 34.7 Å². The van der Waals surface area contributed by atoms with Crippen molar-refractivity contribution < 1.29 is 19.1 Å². The molecule has 0 saturated carbocycles. The Labute approximate surface area is 250 Å². The minimum Gasteiger partial charge on any atom is -0.465 e. The first kappa shape index (κ1) is 29.3. The number of ether oxygens (including phenoxy) is 1. The van der Waals surface area contributed by atoms with Crippen LogP contribution >= 0.6 is 0 Å². The highest BCUT2D eigenvalue weighted by Gasteiger charge is 2.21. The van der Waals surface area contributed by atoms with Crippen LogP contribution in [0.3, 0.4) is 0 Å². The molecule has 8 heteroatoms. The molecule has 0 bridgehead atoms. The first-order chi connectivity index (χ1) is 20.9. The second-order valence-corrected chi connectivity index (χ2v) is 10.3. The lowest BCUT2D eigenvalue weighted by Gasteiger charge is -2.10. The van der Waals surface area contributed by atoms with Gasteiger partial charge in [-0.1, -0.05) is 54.6 Å². The Bertz CT molecular complexity index is 1740. The van der Waals surface area contributed by atoms with Crippen LogP contribution < -0.4 is 16.0 Å². The Hall–Kier alpha value is -5.21. The van der Waals surface area contributed by atoms with Gasteiger partial charge in [-0.15, -0.1) is 0 Å². The van der Waals surface area contributed by atoms with Crippen molar-refractivity contribution in [2.24, 2.45) is 0 Å². The minimum absolute atomic E-state index is 0.303. The van der Waals surface area contributed by atoms with Gasteiger partial charge in [0.2, 0.25) is 0 Å². The first-order valence-electron chi connectivity index (χ1n) is 14.2. The van der Waals surface area contributed by atoms with Gasteiger partial charge in [0, 0.05) is 28.7 Å². The number of anilines is 2. The number of carbonyl (C=O) groups excluding carboxylic acids is 3. The van der Waals surface area contributed by atoms with E-state index in [9.17, 15) is 14.4 Å². The number of fused-ring (bicyclic) bond motifs is 1. The monoisotopic (exact) mass is 574 g/mol. The number of hydrogen-bond acceptors (Lipinski definition) is 5. The SMILES string of the molecule is CNCc1cccc(C(=O)Nc2[nH]c3ccccc3c2C(=O)Nc2ccc(CCCc3ccc(C(=O)OC)cc3)cc2)c1. The highest BCUT2D eigenvalue weighted by Crippen LogP contribution is 2.28. The third-order valence-electron chi connectivity index (χ3n) is 7.26. The van der Waals surface area contributed by atoms with Gasteiger partial charge in [0.05, 0.1) is 18.2 Å². The molecular formula is C35H34N4O4. The summed E-state index contributed by atoms with van der Waals surface area (Å²) in [5.74, 6) is -0.614. The zero-order valence-corrected chi connectivity index (χ0v) is 24.2. The molecule has 4 N–H and O–H groups in total. The van der Waals surface area contributed by atoms with E-state index in [4.69, 9.17) is 4.74 Å². The van der Waals surface area contributed by atoms with Gasteiger partial charge in [0.25, 0.3) is 11.8 Å². The molecule has 43 heavy (non-hydrogen) atoms. The van der Waals surface area contributed by atoms with Crippen molar-refractivity contribution in [2.75, 3.05) is 24.8 Å². The van der Waals surface area contributed by atoms with E-state index >= 15 is 0 Å². The topological polar surface area (TPSA) is 112 Å². The Morgan fingerprint density at radius 1 is 0.721 bits per heavy atom. The fourth-order valence-electron chi connectivity index (χ4n) is 5.05. The van der Waals surface area contributed by atoms with Crippen LogP contribution in [0.2, 0.25) is 0 Å². The van der Waals surface area contributed by atoms with Crippen LogP contribution in [0.4, 0.5) is 11.5 Å². The summed E-state index contributed by atoms with van der Waals surface area (Å²) < 4.78 is 4.75. The number of benzene rings is 4. The molecule has 0 aliphatic rings. The van der Waals surface area contributed by atoms with E-state index in [2.05, 4.69) is 20.9 Å². The summed E-state index contributed by atoms with van der Waals surface area (Å²) in [5, 5.41) is 9.70. The van der Waals surface area contributed by atoms with E-state index in [-0.39, 0.29) is 17.8 Å². The molecule has 2 amide bonds. The van der Waals surface area contributed by atoms with Gasteiger partial charge in [-0.3, -0.25) is 9.59 Å². The van der Waals surface area contributed by atoms with Gasteiger partial charge in [-0.2, -0.15) is 0 Å². The van der Waals surface area contributed by atoms with Gasteiger partial charge in [0.15, 0.2) is 0 Å². The molecule has 5 rings (SSSR count). The average Bonchev–Trinajstić information content (AvgIpc) is 3.40. The van der Waals surface area contributed by atoms with Crippen molar-refractivity contribution in [2.45, 2.75) is 25.8 Å². The summed E-state index contributed by atoms with van der Waals surface area (Å²) in [6.45, 7) is 0.645. The molecular weight excluding hydrogens is 540 g/mol. The average molecular weight is 575 g/mol. The number of aromatic nitrogens is 1. The number of nitrogens with one attached hydrogen (secondary N) is 4. The van der Waals surface area contributed by atoms with Crippen LogP contribution in [0.1, 0.15) is 54.2 Å². The van der Waals surface area contributed by atoms with E-state index < -0.39 is 0 Å². The molecule has 0 aliphatic carbocycles. The Kier molecular flexibility index (Phi) is 9.29. The quantitative estimate of drug-likeness (QED) is 0.137. The lowest BCUT2D eigenvalue weighted by Crippen LogP contribution is -2.18. The minimum atomic E-state index is -0.338. The second kappa shape index (κ2) is 13.6.